The van der Waals surface area contributed by atoms with Crippen molar-refractivity contribution < 1.29 is 0 Å². The summed E-state index contributed by atoms with van der Waals surface area (Å²) in [6.07, 6.45) is 4.88. The molecule has 3 rings (SSSR count). The lowest BCUT2D eigenvalue weighted by atomic mass is 10.1. The Morgan fingerprint density at radius 1 is 1.00 bits per heavy atom. The molecule has 0 spiro atoms. The lowest BCUT2D eigenvalue weighted by Crippen LogP contribution is -2.32. The summed E-state index contributed by atoms with van der Waals surface area (Å²) in [6.45, 7) is 4.25. The van der Waals surface area contributed by atoms with Crippen molar-refractivity contribution in [2.75, 3.05) is 55.8 Å². The summed E-state index contributed by atoms with van der Waals surface area (Å²) in [6, 6.07) is 0.427. The monoisotopic (exact) mass is 291 g/mol. The topological polar surface area (TPSA) is 69.2 Å². The van der Waals surface area contributed by atoms with E-state index < -0.39 is 0 Å². The number of aromatic nitrogens is 3. The Morgan fingerprint density at radius 3 is 2.43 bits per heavy atom. The Hall–Kier alpha value is -1.63. The van der Waals surface area contributed by atoms with Crippen molar-refractivity contribution in [2.45, 2.75) is 31.7 Å². The summed E-state index contributed by atoms with van der Waals surface area (Å²) in [5.74, 6) is 2.12. The lowest BCUT2D eigenvalue weighted by Gasteiger charge is -2.27. The van der Waals surface area contributed by atoms with Gasteiger partial charge in [0.25, 0.3) is 0 Å². The largest absolute Gasteiger partial charge is 0.357 e. The van der Waals surface area contributed by atoms with Crippen LogP contribution in [-0.4, -0.2) is 66.2 Å². The number of hydrogen-bond donors (Lipinski definition) is 2. The summed E-state index contributed by atoms with van der Waals surface area (Å²) < 4.78 is 0. The van der Waals surface area contributed by atoms with Crippen molar-refractivity contribution in [3.8, 4) is 0 Å². The molecule has 21 heavy (non-hydrogen) atoms. The van der Waals surface area contributed by atoms with Crippen LogP contribution in [0.3, 0.4) is 0 Å². The molecule has 7 heteroatoms. The SMILES string of the molecule is CNc1nc(NC2CCN(C)C2)nc(N2CCCCC2)n1. The van der Waals surface area contributed by atoms with Crippen molar-refractivity contribution in [2.24, 2.45) is 0 Å². The Labute approximate surface area is 126 Å². The predicted octanol–water partition coefficient (Wildman–Crippen LogP) is 1.02. The molecule has 0 radical (unpaired) electrons. The van der Waals surface area contributed by atoms with Gasteiger partial charge in [-0.05, 0) is 39.3 Å². The van der Waals surface area contributed by atoms with Gasteiger partial charge < -0.3 is 20.4 Å². The molecule has 0 bridgehead atoms. The quantitative estimate of drug-likeness (QED) is 0.858. The van der Waals surface area contributed by atoms with E-state index in [4.69, 9.17) is 0 Å². The summed E-state index contributed by atoms with van der Waals surface area (Å²) in [4.78, 5) is 18.2. The Kier molecular flexibility index (Phi) is 4.38. The van der Waals surface area contributed by atoms with Gasteiger partial charge in [0.1, 0.15) is 0 Å². The van der Waals surface area contributed by atoms with Crippen LogP contribution < -0.4 is 15.5 Å². The number of nitrogens with one attached hydrogen (secondary N) is 2. The Morgan fingerprint density at radius 2 is 1.76 bits per heavy atom. The van der Waals surface area contributed by atoms with E-state index in [1.165, 1.54) is 19.3 Å². The van der Waals surface area contributed by atoms with E-state index in [1.807, 2.05) is 7.05 Å². The summed E-state index contributed by atoms with van der Waals surface area (Å²) in [7, 11) is 4.00. The molecule has 0 aliphatic carbocycles. The van der Waals surface area contributed by atoms with Gasteiger partial charge in [0.2, 0.25) is 17.8 Å². The number of rotatable bonds is 4. The normalized spacial score (nSPS) is 23.3. The highest BCUT2D eigenvalue weighted by Gasteiger charge is 2.21. The smallest absolute Gasteiger partial charge is 0.231 e. The number of likely N-dealkylation sites (N-methyl/N-ethyl adjacent to an activating group) is 1. The molecule has 0 saturated carbocycles. The van der Waals surface area contributed by atoms with Crippen molar-refractivity contribution in [1.82, 2.24) is 19.9 Å². The third kappa shape index (κ3) is 3.53. The van der Waals surface area contributed by atoms with Gasteiger partial charge >= 0.3 is 0 Å². The second kappa shape index (κ2) is 6.43. The number of piperidine rings is 1. The second-order valence-corrected chi connectivity index (χ2v) is 5.97. The molecule has 2 saturated heterocycles. The number of anilines is 3. The molecule has 0 aromatic carbocycles. The standard InChI is InChI=1S/C14H25N7/c1-15-12-17-13(16-11-6-9-20(2)10-11)19-14(18-12)21-7-4-3-5-8-21/h11H,3-10H2,1-2H3,(H2,15,16,17,18,19). The van der Waals surface area contributed by atoms with Crippen molar-refractivity contribution in [1.29, 1.82) is 0 Å². The highest BCUT2D eigenvalue weighted by molar-refractivity contribution is 5.44. The molecule has 3 heterocycles. The molecule has 0 amide bonds. The van der Waals surface area contributed by atoms with Gasteiger partial charge in [-0.3, -0.25) is 0 Å². The van der Waals surface area contributed by atoms with Gasteiger partial charge in [0.05, 0.1) is 0 Å². The molecule has 2 aliphatic rings. The van der Waals surface area contributed by atoms with Crippen LogP contribution in [0.1, 0.15) is 25.7 Å². The Bertz CT molecular complexity index is 472. The van der Waals surface area contributed by atoms with E-state index in [2.05, 4.69) is 42.4 Å². The minimum absolute atomic E-state index is 0.427. The predicted molar refractivity (Wildman–Crippen MR) is 85.0 cm³/mol. The second-order valence-electron chi connectivity index (χ2n) is 5.97. The first-order chi connectivity index (χ1) is 10.2. The van der Waals surface area contributed by atoms with Crippen LogP contribution in [0.15, 0.2) is 0 Å². The molecule has 1 aromatic rings. The summed E-state index contributed by atoms with van der Waals surface area (Å²) in [5.41, 5.74) is 0. The third-order valence-corrected chi connectivity index (χ3v) is 4.21. The first kappa shape index (κ1) is 14.3. The van der Waals surface area contributed by atoms with Crippen molar-refractivity contribution in [3.05, 3.63) is 0 Å². The van der Waals surface area contributed by atoms with Crippen LogP contribution in [0.25, 0.3) is 0 Å². The minimum Gasteiger partial charge on any atom is -0.357 e. The fraction of sp³-hybridized carbons (Fsp3) is 0.786. The Balaban J connectivity index is 1.75. The molecule has 1 unspecified atom stereocenters. The third-order valence-electron chi connectivity index (χ3n) is 4.21. The van der Waals surface area contributed by atoms with Gasteiger partial charge in [-0.2, -0.15) is 15.0 Å². The molecule has 116 valence electrons. The number of nitrogens with zero attached hydrogens (tertiary/aromatic N) is 5. The van der Waals surface area contributed by atoms with Gasteiger partial charge in [0.15, 0.2) is 0 Å². The van der Waals surface area contributed by atoms with Gasteiger partial charge in [-0.25, -0.2) is 0 Å². The molecule has 1 atom stereocenters. The van der Waals surface area contributed by atoms with Crippen LogP contribution in [0.4, 0.5) is 17.8 Å². The molecule has 7 nitrogen and oxygen atoms in total. The van der Waals surface area contributed by atoms with Crippen LogP contribution in [0, 0.1) is 0 Å². The fourth-order valence-electron chi connectivity index (χ4n) is 3.01. The first-order valence-electron chi connectivity index (χ1n) is 7.88. The van der Waals surface area contributed by atoms with E-state index >= 15 is 0 Å². The average Bonchev–Trinajstić information content (AvgIpc) is 2.93. The van der Waals surface area contributed by atoms with Crippen LogP contribution in [0.5, 0.6) is 0 Å². The number of hydrogen-bond acceptors (Lipinski definition) is 7. The maximum Gasteiger partial charge on any atom is 0.231 e. The van der Waals surface area contributed by atoms with Gasteiger partial charge in [-0.15, -0.1) is 0 Å². The summed E-state index contributed by atoms with van der Waals surface area (Å²) >= 11 is 0. The van der Waals surface area contributed by atoms with E-state index in [9.17, 15) is 0 Å². The fourth-order valence-corrected chi connectivity index (χ4v) is 3.01. The maximum absolute atomic E-state index is 4.63. The zero-order chi connectivity index (χ0) is 14.7. The molecule has 2 fully saturated rings. The molecule has 2 aliphatic heterocycles. The first-order valence-corrected chi connectivity index (χ1v) is 7.88. The number of likely N-dealkylation sites (tertiary alicyclic amines) is 1. The van der Waals surface area contributed by atoms with E-state index in [1.54, 1.807) is 0 Å². The molecule has 1 aromatic heterocycles. The van der Waals surface area contributed by atoms with E-state index in [-0.39, 0.29) is 0 Å². The van der Waals surface area contributed by atoms with Crippen LogP contribution in [-0.2, 0) is 0 Å². The van der Waals surface area contributed by atoms with Crippen LogP contribution >= 0.6 is 0 Å². The maximum atomic E-state index is 4.63. The van der Waals surface area contributed by atoms with Crippen LogP contribution in [0.2, 0.25) is 0 Å². The lowest BCUT2D eigenvalue weighted by molar-refractivity contribution is 0.414. The zero-order valence-electron chi connectivity index (χ0n) is 13.0. The molecular formula is C14H25N7. The molecule has 2 N–H and O–H groups in total. The van der Waals surface area contributed by atoms with E-state index in [0.717, 1.165) is 38.5 Å². The van der Waals surface area contributed by atoms with Gasteiger partial charge in [0, 0.05) is 32.7 Å². The minimum atomic E-state index is 0.427. The highest BCUT2D eigenvalue weighted by atomic mass is 15.3. The van der Waals surface area contributed by atoms with Gasteiger partial charge in [-0.1, -0.05) is 0 Å². The van der Waals surface area contributed by atoms with Crippen molar-refractivity contribution in [3.63, 3.8) is 0 Å². The molecular weight excluding hydrogens is 266 g/mol. The van der Waals surface area contributed by atoms with E-state index in [0.29, 0.717) is 17.9 Å². The van der Waals surface area contributed by atoms with Crippen molar-refractivity contribution >= 4 is 17.8 Å². The summed E-state index contributed by atoms with van der Waals surface area (Å²) in [5, 5.41) is 6.50. The zero-order valence-corrected chi connectivity index (χ0v) is 13.0. The highest BCUT2D eigenvalue weighted by Crippen LogP contribution is 2.19. The average molecular weight is 291 g/mol.